The second-order valence-corrected chi connectivity index (χ2v) is 10.9. The zero-order valence-corrected chi connectivity index (χ0v) is 22.9. The van der Waals surface area contributed by atoms with Crippen molar-refractivity contribution in [2.45, 2.75) is 89.3 Å². The summed E-state index contributed by atoms with van der Waals surface area (Å²) in [5, 5.41) is 13.7. The van der Waals surface area contributed by atoms with E-state index in [9.17, 15) is 14.3 Å². The minimum absolute atomic E-state index is 0.00932. The van der Waals surface area contributed by atoms with Gasteiger partial charge in [-0.2, -0.15) is 0 Å². The number of unbranched alkanes of at least 4 members (excludes halogenated alkanes) is 3. The van der Waals surface area contributed by atoms with Crippen molar-refractivity contribution in [3.05, 3.63) is 53.0 Å². The first-order chi connectivity index (χ1) is 18.4. The molecule has 0 bridgehead atoms. The summed E-state index contributed by atoms with van der Waals surface area (Å²) in [5.74, 6) is -0.395. The first kappa shape index (κ1) is 28.3. The molecule has 0 unspecified atom stereocenters. The van der Waals surface area contributed by atoms with Gasteiger partial charge in [-0.05, 0) is 67.3 Å². The minimum atomic E-state index is -1.00. The van der Waals surface area contributed by atoms with Crippen LogP contribution >= 0.6 is 0 Å². The molecule has 208 valence electrons. The highest BCUT2D eigenvalue weighted by Gasteiger charge is 2.36. The van der Waals surface area contributed by atoms with E-state index in [0.717, 1.165) is 49.9 Å². The zero-order chi connectivity index (χ0) is 27.1. The number of hydrogen-bond acceptors (Lipinski definition) is 6. The van der Waals surface area contributed by atoms with Crippen LogP contribution in [0, 0.1) is 5.82 Å². The number of carboxylic acids is 1. The second-order valence-electron chi connectivity index (χ2n) is 10.9. The molecule has 1 fully saturated rings. The van der Waals surface area contributed by atoms with Gasteiger partial charge < -0.3 is 19.9 Å². The maximum atomic E-state index is 14.8. The van der Waals surface area contributed by atoms with Crippen LogP contribution in [0.4, 0.5) is 10.2 Å². The molecule has 3 atom stereocenters. The van der Waals surface area contributed by atoms with E-state index in [0.29, 0.717) is 31.3 Å². The predicted molar refractivity (Wildman–Crippen MR) is 146 cm³/mol. The third kappa shape index (κ3) is 7.03. The number of aliphatic carboxylic acids is 1. The molecule has 7 nitrogen and oxygen atoms in total. The Balaban J connectivity index is 1.19. The third-order valence-corrected chi connectivity index (χ3v) is 7.83. The highest BCUT2D eigenvalue weighted by Crippen LogP contribution is 2.37. The summed E-state index contributed by atoms with van der Waals surface area (Å²) in [7, 11) is 1.38. The van der Waals surface area contributed by atoms with Gasteiger partial charge in [0.2, 0.25) is 0 Å². The number of pyridine rings is 1. The van der Waals surface area contributed by atoms with Gasteiger partial charge in [0.25, 0.3) is 0 Å². The number of fused-ring (bicyclic) bond motifs is 1. The van der Waals surface area contributed by atoms with E-state index < -0.39 is 17.8 Å². The Morgan fingerprint density at radius 1 is 1.24 bits per heavy atom. The minimum Gasteiger partial charge on any atom is -0.493 e. The number of nitrogens with one attached hydrogen (secondary N) is 1. The summed E-state index contributed by atoms with van der Waals surface area (Å²) < 4.78 is 26.2. The Labute approximate surface area is 225 Å². The number of carbonyl (C=O) groups is 1. The lowest BCUT2D eigenvalue weighted by atomic mass is 9.95. The molecule has 2 N–H and O–H groups in total. The van der Waals surface area contributed by atoms with Gasteiger partial charge in [0.15, 0.2) is 11.6 Å². The Morgan fingerprint density at radius 2 is 2.05 bits per heavy atom. The Morgan fingerprint density at radius 3 is 2.82 bits per heavy atom. The van der Waals surface area contributed by atoms with Gasteiger partial charge in [-0.15, -0.1) is 0 Å². The number of anilines is 1. The van der Waals surface area contributed by atoms with Crippen LogP contribution in [0.25, 0.3) is 0 Å². The van der Waals surface area contributed by atoms with Gasteiger partial charge in [0, 0.05) is 37.5 Å². The zero-order valence-electron chi connectivity index (χ0n) is 22.9. The van der Waals surface area contributed by atoms with Crippen LogP contribution in [0.5, 0.6) is 5.75 Å². The lowest BCUT2D eigenvalue weighted by Gasteiger charge is -2.27. The standard InChI is InChI=1S/C30H42FN3O4/c1-20(2)22-17-25(28(37-3)26(31)18-22)27(30(35)36)34-15-13-24(19-34)38-16-7-5-4-6-10-23-12-11-21-9-8-14-32-29(21)33-23/h8-9,14,17-18,20,23-24,27H,4-7,10-13,15-16,19H2,1-3H3,(H,32,33)(H,35,36)/t23-,24+,27-/m0/s1. The van der Waals surface area contributed by atoms with Crippen LogP contribution < -0.4 is 10.1 Å². The average Bonchev–Trinajstić information content (AvgIpc) is 3.35. The number of likely N-dealkylation sites (tertiary alicyclic amines) is 1. The number of rotatable bonds is 13. The summed E-state index contributed by atoms with van der Waals surface area (Å²) >= 11 is 0. The van der Waals surface area contributed by atoms with E-state index >= 15 is 0 Å². The van der Waals surface area contributed by atoms with Gasteiger partial charge in [-0.3, -0.25) is 9.69 Å². The lowest BCUT2D eigenvalue weighted by molar-refractivity contribution is -0.143. The average molecular weight is 528 g/mol. The fraction of sp³-hybridized carbons (Fsp3) is 0.600. The molecule has 8 heteroatoms. The van der Waals surface area contributed by atoms with Crippen LogP contribution in [-0.2, 0) is 16.0 Å². The number of hydrogen-bond donors (Lipinski definition) is 2. The van der Waals surface area contributed by atoms with E-state index in [2.05, 4.69) is 16.4 Å². The molecule has 1 saturated heterocycles. The Kier molecular flexibility index (Phi) is 9.97. The van der Waals surface area contributed by atoms with Crippen molar-refractivity contribution in [1.82, 2.24) is 9.88 Å². The summed E-state index contributed by atoms with van der Waals surface area (Å²) in [5.41, 5.74) is 2.45. The van der Waals surface area contributed by atoms with Crippen molar-refractivity contribution in [3.63, 3.8) is 0 Å². The SMILES string of the molecule is COc1c(F)cc(C(C)C)cc1[C@@H](C(=O)O)N1CC[C@@H](OCCCCCC[C@H]2CCc3cccnc3N2)C1. The number of aromatic nitrogens is 1. The molecule has 3 heterocycles. The highest BCUT2D eigenvalue weighted by atomic mass is 19.1. The molecule has 0 spiro atoms. The molecule has 2 aromatic rings. The number of nitrogens with zero attached hydrogens (tertiary/aromatic N) is 2. The monoisotopic (exact) mass is 527 g/mol. The Bertz CT molecular complexity index is 1080. The van der Waals surface area contributed by atoms with Gasteiger partial charge in [-0.1, -0.05) is 39.2 Å². The maximum absolute atomic E-state index is 14.8. The van der Waals surface area contributed by atoms with E-state index in [4.69, 9.17) is 9.47 Å². The van der Waals surface area contributed by atoms with Crippen molar-refractivity contribution in [2.24, 2.45) is 0 Å². The topological polar surface area (TPSA) is 83.9 Å². The van der Waals surface area contributed by atoms with Crippen molar-refractivity contribution in [3.8, 4) is 5.75 Å². The highest BCUT2D eigenvalue weighted by molar-refractivity contribution is 5.77. The molecule has 0 amide bonds. The smallest absolute Gasteiger partial charge is 0.325 e. The van der Waals surface area contributed by atoms with Crippen LogP contribution in [0.2, 0.25) is 0 Å². The van der Waals surface area contributed by atoms with E-state index in [1.165, 1.54) is 31.6 Å². The molecule has 38 heavy (non-hydrogen) atoms. The molecule has 1 aromatic carbocycles. The van der Waals surface area contributed by atoms with Gasteiger partial charge in [0.1, 0.15) is 11.9 Å². The van der Waals surface area contributed by atoms with Gasteiger partial charge in [-0.25, -0.2) is 9.37 Å². The third-order valence-electron chi connectivity index (χ3n) is 7.83. The van der Waals surface area contributed by atoms with Crippen molar-refractivity contribution in [1.29, 1.82) is 0 Å². The molecule has 0 saturated carbocycles. The van der Waals surface area contributed by atoms with Crippen molar-refractivity contribution >= 4 is 11.8 Å². The summed E-state index contributed by atoms with van der Waals surface area (Å²) in [6, 6.07) is 6.90. The lowest BCUT2D eigenvalue weighted by Crippen LogP contribution is -2.34. The summed E-state index contributed by atoms with van der Waals surface area (Å²) in [4.78, 5) is 18.7. The second kappa shape index (κ2) is 13.4. The first-order valence-electron chi connectivity index (χ1n) is 14.0. The number of benzene rings is 1. The molecule has 0 aliphatic carbocycles. The van der Waals surface area contributed by atoms with Gasteiger partial charge in [0.05, 0.1) is 13.2 Å². The fourth-order valence-electron chi connectivity index (χ4n) is 5.68. The van der Waals surface area contributed by atoms with Crippen LogP contribution in [0.1, 0.15) is 87.4 Å². The number of aryl methyl sites for hydroxylation is 1. The Hall–Kier alpha value is -2.71. The molecular formula is C30H42FN3O4. The van der Waals surface area contributed by atoms with Gasteiger partial charge >= 0.3 is 5.97 Å². The van der Waals surface area contributed by atoms with E-state index in [-0.39, 0.29) is 17.8 Å². The largest absolute Gasteiger partial charge is 0.493 e. The molecule has 2 aliphatic heterocycles. The van der Waals surface area contributed by atoms with Crippen LogP contribution in [0.3, 0.4) is 0 Å². The number of methoxy groups -OCH3 is 1. The number of ether oxygens (including phenoxy) is 2. The van der Waals surface area contributed by atoms with E-state index in [1.54, 1.807) is 6.07 Å². The molecule has 4 rings (SSSR count). The maximum Gasteiger partial charge on any atom is 0.325 e. The summed E-state index contributed by atoms with van der Waals surface area (Å²) in [6.45, 7) is 5.70. The normalized spacial score (nSPS) is 20.2. The van der Waals surface area contributed by atoms with Crippen molar-refractivity contribution < 1.29 is 23.8 Å². The van der Waals surface area contributed by atoms with Crippen LogP contribution in [0.15, 0.2) is 30.5 Å². The number of halogens is 1. The summed E-state index contributed by atoms with van der Waals surface area (Å²) in [6.07, 6.45) is 10.5. The first-order valence-corrected chi connectivity index (χ1v) is 14.0. The molecule has 0 radical (unpaired) electrons. The predicted octanol–water partition coefficient (Wildman–Crippen LogP) is 5.95. The molecular weight excluding hydrogens is 485 g/mol. The molecule has 1 aromatic heterocycles. The quantitative estimate of drug-likeness (QED) is 0.312. The molecule has 2 aliphatic rings. The fourth-order valence-corrected chi connectivity index (χ4v) is 5.68. The van der Waals surface area contributed by atoms with Crippen LogP contribution in [-0.4, -0.2) is 59.9 Å². The van der Waals surface area contributed by atoms with Crippen molar-refractivity contribution in [2.75, 3.05) is 32.1 Å². The number of carboxylic acid groups (broad SMARTS) is 1. The van der Waals surface area contributed by atoms with E-state index in [1.807, 2.05) is 31.0 Å².